The molecule has 10 heteroatoms. The average Bonchev–Trinajstić information content (AvgIpc) is 2.94. The lowest BCUT2D eigenvalue weighted by atomic mass is 9.58. The number of hydroxylamine groups is 1. The van der Waals surface area contributed by atoms with Gasteiger partial charge in [0.25, 0.3) is 0 Å². The quantitative estimate of drug-likeness (QED) is 0.124. The van der Waals surface area contributed by atoms with E-state index in [2.05, 4.69) is 10.9 Å². The Morgan fingerprint density at radius 2 is 1.82 bits per heavy atom. The van der Waals surface area contributed by atoms with Crippen molar-refractivity contribution in [3.8, 4) is 0 Å². The molecule has 224 valence electrons. The van der Waals surface area contributed by atoms with Crippen LogP contribution in [0.4, 0.5) is 0 Å². The molecule has 10 nitrogen and oxygen atoms in total. The van der Waals surface area contributed by atoms with Crippen LogP contribution in [0.2, 0.25) is 0 Å². The number of hydrogen-bond acceptors (Lipinski definition) is 8. The third kappa shape index (κ3) is 9.21. The highest BCUT2D eigenvalue weighted by Crippen LogP contribution is 2.47. The maximum Gasteiger partial charge on any atom is 0.248 e. The number of benzene rings is 1. The van der Waals surface area contributed by atoms with Crippen LogP contribution in [-0.2, 0) is 24.0 Å². The Labute approximate surface area is 238 Å². The van der Waals surface area contributed by atoms with E-state index in [1.165, 1.54) is 0 Å². The molecular formula is C30H48N4O6. The lowest BCUT2D eigenvalue weighted by molar-refractivity contribution is -0.205. The van der Waals surface area contributed by atoms with E-state index in [1.54, 1.807) is 32.9 Å². The number of amides is 2. The maximum absolute atomic E-state index is 14.3. The molecule has 1 saturated heterocycles. The van der Waals surface area contributed by atoms with Crippen molar-refractivity contribution in [1.82, 2.24) is 10.9 Å². The minimum Gasteiger partial charge on any atom is -0.396 e. The van der Waals surface area contributed by atoms with Gasteiger partial charge in [0.15, 0.2) is 12.1 Å². The molecular weight excluding hydrogens is 512 g/mol. The van der Waals surface area contributed by atoms with Gasteiger partial charge < -0.3 is 15.6 Å². The molecule has 2 rings (SSSR count). The summed E-state index contributed by atoms with van der Waals surface area (Å²) in [5.41, 5.74) is 9.31. The summed E-state index contributed by atoms with van der Waals surface area (Å²) in [6.45, 7) is 9.24. The van der Waals surface area contributed by atoms with E-state index in [9.17, 15) is 19.5 Å². The van der Waals surface area contributed by atoms with Crippen molar-refractivity contribution in [2.75, 3.05) is 13.2 Å². The fourth-order valence-electron chi connectivity index (χ4n) is 5.45. The SMILES string of the molecule is CC(C)C[C@@H](C(=O)NN)[C@H](C(=O)NOC1CCCCO1)C(/C=C/c1ccccc1)(CC(C)(C)CO)C(=O)[C@@H](C)N. The van der Waals surface area contributed by atoms with Crippen molar-refractivity contribution in [2.45, 2.75) is 79.1 Å². The minimum absolute atomic E-state index is 0.0211. The Kier molecular flexibility index (Phi) is 12.9. The van der Waals surface area contributed by atoms with Crippen LogP contribution >= 0.6 is 0 Å². The second-order valence-electron chi connectivity index (χ2n) is 12.0. The van der Waals surface area contributed by atoms with Crippen LogP contribution in [0.15, 0.2) is 36.4 Å². The molecule has 2 amide bonds. The molecule has 0 radical (unpaired) electrons. The third-order valence-electron chi connectivity index (χ3n) is 7.32. The number of carbonyl (C=O) groups is 3. The van der Waals surface area contributed by atoms with Gasteiger partial charge in [-0.15, -0.1) is 0 Å². The van der Waals surface area contributed by atoms with E-state index < -0.39 is 52.6 Å². The lowest BCUT2D eigenvalue weighted by Crippen LogP contribution is -2.57. The fourth-order valence-corrected chi connectivity index (χ4v) is 5.45. The van der Waals surface area contributed by atoms with Crippen molar-refractivity contribution >= 4 is 23.7 Å². The van der Waals surface area contributed by atoms with Gasteiger partial charge in [0.2, 0.25) is 11.8 Å². The van der Waals surface area contributed by atoms with Gasteiger partial charge in [-0.3, -0.25) is 19.8 Å². The first-order valence-corrected chi connectivity index (χ1v) is 14.1. The molecule has 0 aliphatic carbocycles. The Bertz CT molecular complexity index is 991. The smallest absolute Gasteiger partial charge is 0.248 e. The predicted octanol–water partition coefficient (Wildman–Crippen LogP) is 2.85. The minimum atomic E-state index is -1.61. The van der Waals surface area contributed by atoms with E-state index >= 15 is 0 Å². The first-order chi connectivity index (χ1) is 18.9. The van der Waals surface area contributed by atoms with Gasteiger partial charge in [0, 0.05) is 19.6 Å². The van der Waals surface area contributed by atoms with Crippen LogP contribution in [0.5, 0.6) is 0 Å². The van der Waals surface area contributed by atoms with Gasteiger partial charge in [-0.2, -0.15) is 0 Å². The molecule has 1 aromatic carbocycles. The number of nitrogens with two attached hydrogens (primary N) is 2. The number of carbonyl (C=O) groups excluding carboxylic acids is 3. The highest BCUT2D eigenvalue weighted by Gasteiger charge is 2.55. The largest absolute Gasteiger partial charge is 0.396 e. The van der Waals surface area contributed by atoms with Crippen molar-refractivity contribution < 1.29 is 29.1 Å². The van der Waals surface area contributed by atoms with E-state index in [4.69, 9.17) is 21.2 Å². The average molecular weight is 561 g/mol. The molecule has 0 spiro atoms. The number of aliphatic hydroxyl groups is 1. The number of rotatable bonds is 15. The molecule has 5 atom stereocenters. The number of hydrazine groups is 1. The number of Topliss-reactive ketones (excluding diaryl/α,β-unsaturated/α-hetero) is 1. The topological polar surface area (TPSA) is 166 Å². The number of allylic oxidation sites excluding steroid dienone is 1. The first-order valence-electron chi connectivity index (χ1n) is 14.1. The lowest BCUT2D eigenvalue weighted by Gasteiger charge is -2.44. The zero-order valence-corrected chi connectivity index (χ0v) is 24.5. The molecule has 1 fully saturated rings. The summed E-state index contributed by atoms with van der Waals surface area (Å²) in [6, 6.07) is 8.35. The molecule has 1 aliphatic heterocycles. The summed E-state index contributed by atoms with van der Waals surface area (Å²) >= 11 is 0. The molecule has 0 aromatic heterocycles. The summed E-state index contributed by atoms with van der Waals surface area (Å²) in [7, 11) is 0. The number of hydrogen-bond donors (Lipinski definition) is 5. The number of nitrogens with one attached hydrogen (secondary N) is 2. The van der Waals surface area contributed by atoms with Crippen LogP contribution in [0.25, 0.3) is 6.08 Å². The molecule has 2 unspecified atom stereocenters. The number of ether oxygens (including phenoxy) is 1. The molecule has 40 heavy (non-hydrogen) atoms. The number of aliphatic hydroxyl groups excluding tert-OH is 1. The highest BCUT2D eigenvalue weighted by molar-refractivity contribution is 5.99. The predicted molar refractivity (Wildman–Crippen MR) is 154 cm³/mol. The van der Waals surface area contributed by atoms with Crippen molar-refractivity contribution in [2.24, 2.45) is 40.2 Å². The fraction of sp³-hybridized carbons (Fsp3) is 0.633. The Morgan fingerprint density at radius 1 is 1.15 bits per heavy atom. The van der Waals surface area contributed by atoms with Crippen LogP contribution in [0.3, 0.4) is 0 Å². The zero-order chi connectivity index (χ0) is 29.9. The maximum atomic E-state index is 14.3. The molecule has 0 saturated carbocycles. The normalized spacial score (nSPS) is 20.0. The monoisotopic (exact) mass is 560 g/mol. The standard InChI is InChI=1S/C30H48N4O6/c1-20(2)17-23(27(37)33-32)25(28(38)34-40-24-13-9-10-16-39-24)30(26(36)21(3)31,18-29(4,5)19-35)15-14-22-11-7-6-8-12-22/h6-8,11-12,14-15,20-21,23-25,35H,9-10,13,16-19,31-32H2,1-5H3,(H,33,37)(H,34,38)/b15-14+/t21-,23-,24?,25-,30?/m1/s1. The molecule has 0 bridgehead atoms. The summed E-state index contributed by atoms with van der Waals surface area (Å²) < 4.78 is 5.61. The third-order valence-corrected chi connectivity index (χ3v) is 7.32. The zero-order valence-electron chi connectivity index (χ0n) is 24.5. The highest BCUT2D eigenvalue weighted by atomic mass is 16.8. The van der Waals surface area contributed by atoms with Gasteiger partial charge >= 0.3 is 0 Å². The summed E-state index contributed by atoms with van der Waals surface area (Å²) in [6.07, 6.45) is 5.45. The summed E-state index contributed by atoms with van der Waals surface area (Å²) in [5.74, 6) is 1.63. The second-order valence-corrected chi connectivity index (χ2v) is 12.0. The van der Waals surface area contributed by atoms with E-state index in [-0.39, 0.29) is 25.4 Å². The van der Waals surface area contributed by atoms with Gasteiger partial charge in [-0.1, -0.05) is 70.2 Å². The number of ketones is 1. The molecule has 1 heterocycles. The van der Waals surface area contributed by atoms with Crippen LogP contribution in [-0.4, -0.2) is 48.2 Å². The molecule has 7 N–H and O–H groups in total. The Hall–Kier alpha value is -2.63. The molecule has 1 aliphatic rings. The molecule has 1 aromatic rings. The van der Waals surface area contributed by atoms with E-state index in [0.29, 0.717) is 13.0 Å². The second kappa shape index (κ2) is 15.4. The van der Waals surface area contributed by atoms with Crippen LogP contribution in [0.1, 0.15) is 72.3 Å². The van der Waals surface area contributed by atoms with Gasteiger partial charge in [0.1, 0.15) is 0 Å². The van der Waals surface area contributed by atoms with Gasteiger partial charge in [-0.05, 0) is 49.5 Å². The first kappa shape index (κ1) is 33.6. The van der Waals surface area contributed by atoms with E-state index in [0.717, 1.165) is 18.4 Å². The van der Waals surface area contributed by atoms with Crippen molar-refractivity contribution in [3.63, 3.8) is 0 Å². The van der Waals surface area contributed by atoms with Gasteiger partial charge in [-0.25, -0.2) is 16.2 Å². The van der Waals surface area contributed by atoms with Crippen LogP contribution in [0, 0.1) is 28.6 Å². The van der Waals surface area contributed by atoms with Gasteiger partial charge in [0.05, 0.1) is 23.3 Å². The Balaban J connectivity index is 2.79. The summed E-state index contributed by atoms with van der Waals surface area (Å²) in [4.78, 5) is 47.5. The Morgan fingerprint density at radius 3 is 2.35 bits per heavy atom. The van der Waals surface area contributed by atoms with Crippen molar-refractivity contribution in [3.05, 3.63) is 42.0 Å². The van der Waals surface area contributed by atoms with E-state index in [1.807, 2.05) is 44.2 Å². The van der Waals surface area contributed by atoms with Crippen molar-refractivity contribution in [1.29, 1.82) is 0 Å². The summed E-state index contributed by atoms with van der Waals surface area (Å²) in [5, 5.41) is 10.3. The van der Waals surface area contributed by atoms with Crippen LogP contribution < -0.4 is 22.5 Å².